The molecule has 4 aromatic carbocycles. The predicted octanol–water partition coefficient (Wildman–Crippen LogP) is 12.1. The molecule has 4 atom stereocenters. The number of hydrogen-bond acceptors (Lipinski definition) is 16. The number of ether oxygens (including phenoxy) is 2. The maximum Gasteiger partial charge on any atom is 0.329 e. The molecule has 3 heterocycles. The van der Waals surface area contributed by atoms with Crippen molar-refractivity contribution in [2.45, 2.75) is 202 Å². The predicted molar refractivity (Wildman–Crippen MR) is 324 cm³/mol. The van der Waals surface area contributed by atoms with E-state index in [9.17, 15) is 30.0 Å². The first-order chi connectivity index (χ1) is 37.0. The molecule has 3 aliphatic heterocycles. The molecule has 0 unspecified atom stereocenters. The first-order valence-electron chi connectivity index (χ1n) is 27.3. The van der Waals surface area contributed by atoms with Gasteiger partial charge in [0.15, 0.2) is 0 Å². The molecule has 6 N–H and O–H groups in total. The first-order valence-corrected chi connectivity index (χ1v) is 31.5. The molecule has 10 bridgehead atoms. The molecule has 80 heavy (non-hydrogen) atoms. The fourth-order valence-corrected chi connectivity index (χ4v) is 14.4. The zero-order chi connectivity index (χ0) is 59.7. The highest BCUT2D eigenvalue weighted by Gasteiger charge is 2.38. The van der Waals surface area contributed by atoms with Crippen LogP contribution in [-0.4, -0.2) is 104 Å². The van der Waals surface area contributed by atoms with E-state index in [1.165, 1.54) is 59.3 Å². The zero-order valence-electron chi connectivity index (χ0n) is 50.1. The lowest BCUT2D eigenvalue weighted by Gasteiger charge is -2.36. The average molecular weight is 1180 g/mol. The summed E-state index contributed by atoms with van der Waals surface area (Å²) in [6, 6.07) is 11.3. The van der Waals surface area contributed by atoms with E-state index >= 15 is 9.59 Å². The molecule has 0 aliphatic carbocycles. The minimum absolute atomic E-state index is 0.00668. The number of phenols is 4. The monoisotopic (exact) mass is 1170 g/mol. The summed E-state index contributed by atoms with van der Waals surface area (Å²) in [5.41, 5.74) is 3.70. The van der Waals surface area contributed by atoms with E-state index in [1.54, 1.807) is 0 Å². The van der Waals surface area contributed by atoms with Crippen molar-refractivity contribution < 1.29 is 49.1 Å². The second-order valence-corrected chi connectivity index (χ2v) is 30.8. The van der Waals surface area contributed by atoms with Gasteiger partial charge in [-0.25, -0.2) is 9.59 Å². The number of amides is 2. The van der Waals surface area contributed by atoms with Crippen LogP contribution in [0.25, 0.3) is 0 Å². The number of hydrogen-bond donors (Lipinski definition) is 6. The smallest absolute Gasteiger partial charge is 0.329 e. The van der Waals surface area contributed by atoms with Crippen LogP contribution in [0.5, 0.6) is 23.0 Å². The third-order valence-corrected chi connectivity index (χ3v) is 19.3. The summed E-state index contributed by atoms with van der Waals surface area (Å²) < 4.78 is 10.5. The summed E-state index contributed by atoms with van der Waals surface area (Å²) in [4.78, 5) is 63.5. The number of esters is 2. The lowest BCUT2D eigenvalue weighted by Crippen LogP contribution is -2.54. The van der Waals surface area contributed by atoms with Crippen LogP contribution < -0.4 is 10.6 Å². The molecule has 0 fully saturated rings. The molecule has 18 heteroatoms. The summed E-state index contributed by atoms with van der Waals surface area (Å²) in [6.07, 6.45) is 0. The van der Waals surface area contributed by atoms with E-state index in [2.05, 4.69) is 93.7 Å². The Morgan fingerprint density at radius 3 is 0.912 bits per heavy atom. The largest absolute Gasteiger partial charge is 0.506 e. The highest BCUT2D eigenvalue weighted by Crippen LogP contribution is 2.49. The summed E-state index contributed by atoms with van der Waals surface area (Å²) in [5.74, 6) is -3.39. The Morgan fingerprint density at radius 1 is 0.475 bits per heavy atom. The SMILES string of the molecule is COC(=O)[C@@H]1CSSC[C@@H](C(=O)OC)NC(=O)[C@@H](C(C)C)N2Cc3cc(C(C)(C)C)cc(c3O)Sc3cc(C(C)(C)C)cc(c3O)CN(Cc3cc(C(C)(C)C)cc(c3O)Sc3cc(C(C)(C)C)cc(c3O)C2)[C@@H](C(C)C)C(=O)N1. The number of methoxy groups -OCH3 is 2. The van der Waals surface area contributed by atoms with Gasteiger partial charge in [0.2, 0.25) is 11.8 Å². The summed E-state index contributed by atoms with van der Waals surface area (Å²) >= 11 is 2.43. The van der Waals surface area contributed by atoms with Crippen molar-refractivity contribution in [3.8, 4) is 23.0 Å². The summed E-state index contributed by atoms with van der Waals surface area (Å²) in [5, 5.41) is 57.1. The number of rotatable bonds is 4. The number of phenolic OH excluding ortho intramolecular Hbond substituents is 4. The lowest BCUT2D eigenvalue weighted by molar-refractivity contribution is -0.145. The second kappa shape index (κ2) is 25.4. The van der Waals surface area contributed by atoms with Crippen LogP contribution in [0.2, 0.25) is 0 Å². The fraction of sp³-hybridized carbons (Fsp3) is 0.548. The van der Waals surface area contributed by atoms with Crippen LogP contribution >= 0.6 is 45.1 Å². The van der Waals surface area contributed by atoms with E-state index < -0.39 is 81.4 Å². The van der Waals surface area contributed by atoms with E-state index in [1.807, 2.05) is 86.0 Å². The number of nitrogens with zero attached hydrogens (tertiary/aromatic N) is 2. The molecule has 7 rings (SSSR count). The molecule has 0 saturated carbocycles. The number of aromatic hydroxyl groups is 4. The van der Waals surface area contributed by atoms with E-state index in [-0.39, 0.29) is 60.7 Å². The van der Waals surface area contributed by atoms with Crippen LogP contribution in [0.1, 0.15) is 155 Å². The van der Waals surface area contributed by atoms with Gasteiger partial charge in [0.25, 0.3) is 0 Å². The topological polar surface area (TPSA) is 198 Å². The molecule has 438 valence electrons. The molecule has 2 amide bonds. The van der Waals surface area contributed by atoms with Crippen LogP contribution in [0, 0.1) is 11.8 Å². The van der Waals surface area contributed by atoms with Crippen LogP contribution in [0.3, 0.4) is 0 Å². The Kier molecular flexibility index (Phi) is 20.5. The van der Waals surface area contributed by atoms with Gasteiger partial charge in [-0.15, -0.1) is 0 Å². The first kappa shape index (κ1) is 64.4. The Balaban J connectivity index is 1.82. The lowest BCUT2D eigenvalue weighted by atomic mass is 9.85. The van der Waals surface area contributed by atoms with Gasteiger partial charge in [-0.05, 0) is 80.0 Å². The minimum Gasteiger partial charge on any atom is -0.506 e. The van der Waals surface area contributed by atoms with Gasteiger partial charge >= 0.3 is 11.9 Å². The Hall–Kier alpha value is -4.72. The van der Waals surface area contributed by atoms with E-state index in [0.717, 1.165) is 22.3 Å². The molecule has 4 aromatic rings. The standard InChI is InChI=1S/C62H86N4O10S4/c1-33(2)49-55(71)63-43(57(73)75-17)31-77-78-32-44(58(74)76-18)64-56(72)50(34(3)4)66-29-37-21-41(61(11,12)13)25-47(53(37)69)79-45-23-39(59(5,6)7)19-35(51(45)67)27-65(49)28-36-20-40(60(8,9)10)24-46(52(36)68)80-48-26-42(62(14,15)16)22-38(30-66)54(48)70/h19-26,33-34,43-44,49-50,67-70H,27-32H2,1-18H3,(H,63,71)(H,64,72)/t43-,44-,49-,50+/m0/s1. The number of benzene rings is 4. The number of carbonyl (C=O) groups is 4. The van der Waals surface area contributed by atoms with E-state index in [4.69, 9.17) is 9.47 Å². The highest BCUT2D eigenvalue weighted by atomic mass is 33.1. The molecular formula is C62H86N4O10S4. The Labute approximate surface area is 491 Å². The summed E-state index contributed by atoms with van der Waals surface area (Å²) in [7, 11) is 4.93. The maximum absolute atomic E-state index is 15.3. The van der Waals surface area contributed by atoms with Gasteiger partial charge in [-0.2, -0.15) is 0 Å². The summed E-state index contributed by atoms with van der Waals surface area (Å²) in [6.45, 7) is 32.5. The van der Waals surface area contributed by atoms with Crippen LogP contribution in [-0.2, 0) is 76.5 Å². The highest BCUT2D eigenvalue weighted by molar-refractivity contribution is 8.76. The van der Waals surface area contributed by atoms with Crippen molar-refractivity contribution in [2.24, 2.45) is 11.8 Å². The molecular weight excluding hydrogens is 1090 g/mol. The average Bonchev–Trinajstić information content (AvgIpc) is 3.35. The molecule has 3 aliphatic rings. The number of fused-ring (bicyclic) bond motifs is 11. The van der Waals surface area contributed by atoms with Gasteiger partial charge in [0, 0.05) is 59.9 Å². The van der Waals surface area contributed by atoms with Gasteiger partial charge < -0.3 is 40.5 Å². The second-order valence-electron chi connectivity index (χ2n) is 26.1. The van der Waals surface area contributed by atoms with Crippen molar-refractivity contribution in [1.29, 1.82) is 0 Å². The van der Waals surface area contributed by atoms with Crippen molar-refractivity contribution in [3.63, 3.8) is 0 Å². The third kappa shape index (κ3) is 15.3. The van der Waals surface area contributed by atoms with Gasteiger partial charge in [0.05, 0.1) is 45.9 Å². The normalized spacial score (nSPS) is 21.4. The molecule has 0 saturated heterocycles. The minimum atomic E-state index is -1.15. The zero-order valence-corrected chi connectivity index (χ0v) is 53.4. The van der Waals surface area contributed by atoms with Crippen molar-refractivity contribution in [1.82, 2.24) is 20.4 Å². The quantitative estimate of drug-likeness (QED) is 0.0832. The van der Waals surface area contributed by atoms with Crippen molar-refractivity contribution in [2.75, 3.05) is 25.7 Å². The van der Waals surface area contributed by atoms with Gasteiger partial charge in [-0.1, -0.05) is 180 Å². The molecule has 0 aromatic heterocycles. The molecule has 0 spiro atoms. The number of carbonyl (C=O) groups excluding carboxylic acids is 4. The Bertz CT molecular complexity index is 2610. The van der Waals surface area contributed by atoms with Crippen LogP contribution in [0.4, 0.5) is 0 Å². The fourth-order valence-electron chi connectivity index (χ4n) is 9.95. The van der Waals surface area contributed by atoms with Gasteiger partial charge in [0.1, 0.15) is 35.1 Å². The maximum atomic E-state index is 15.3. The Morgan fingerprint density at radius 2 is 0.713 bits per heavy atom. The number of nitrogens with one attached hydrogen (secondary N) is 2. The van der Waals surface area contributed by atoms with Crippen molar-refractivity contribution in [3.05, 3.63) is 93.0 Å². The molecule has 0 radical (unpaired) electrons. The van der Waals surface area contributed by atoms with Gasteiger partial charge in [-0.3, -0.25) is 19.4 Å². The third-order valence-electron chi connectivity index (χ3n) is 14.8. The van der Waals surface area contributed by atoms with Crippen LogP contribution in [0.15, 0.2) is 68.1 Å². The van der Waals surface area contributed by atoms with E-state index in [0.29, 0.717) is 41.8 Å². The van der Waals surface area contributed by atoms with Crippen molar-refractivity contribution >= 4 is 68.9 Å². The molecule has 14 nitrogen and oxygen atoms in total.